The Hall–Kier alpha value is -2.14. The third-order valence-corrected chi connectivity index (χ3v) is 6.59. The number of amides is 1. The highest BCUT2D eigenvalue weighted by Crippen LogP contribution is 2.43. The van der Waals surface area contributed by atoms with Gasteiger partial charge in [0.1, 0.15) is 5.15 Å². The fourth-order valence-corrected chi connectivity index (χ4v) is 5.37. The lowest BCUT2D eigenvalue weighted by molar-refractivity contribution is -0.127. The van der Waals surface area contributed by atoms with Crippen molar-refractivity contribution in [3.63, 3.8) is 0 Å². The van der Waals surface area contributed by atoms with Crippen LogP contribution in [0.4, 0.5) is 0 Å². The zero-order valence-electron chi connectivity index (χ0n) is 15.3. The number of aryl methyl sites for hydroxylation is 1. The number of rotatable bonds is 3. The number of aromatic nitrogens is 1. The third-order valence-electron chi connectivity index (χ3n) is 5.11. The van der Waals surface area contributed by atoms with Crippen LogP contribution in [0.25, 0.3) is 11.1 Å². The number of benzene rings is 1. The normalized spacial score (nSPS) is 16.0. The first kappa shape index (κ1) is 19.2. The van der Waals surface area contributed by atoms with Crippen LogP contribution in [0.3, 0.4) is 0 Å². The summed E-state index contributed by atoms with van der Waals surface area (Å²) in [7, 11) is 0. The van der Waals surface area contributed by atoms with Crippen molar-refractivity contribution in [1.82, 2.24) is 9.88 Å². The Bertz CT molecular complexity index is 1080. The predicted octanol–water partition coefficient (Wildman–Crippen LogP) is 6.09. The molecule has 0 radical (unpaired) electrons. The molecule has 142 valence electrons. The molecule has 1 amide bonds. The number of thiophene rings is 1. The predicted molar refractivity (Wildman–Crippen MR) is 116 cm³/mol. The minimum Gasteiger partial charge on any atom is -0.333 e. The summed E-state index contributed by atoms with van der Waals surface area (Å²) in [4.78, 5) is 19.6. The van der Waals surface area contributed by atoms with Gasteiger partial charge in [-0.3, -0.25) is 4.79 Å². The molecule has 0 N–H and O–H groups in total. The molecule has 3 aromatic rings. The Balaban J connectivity index is 1.86. The molecule has 3 nitrogen and oxygen atoms in total. The highest BCUT2D eigenvalue weighted by atomic mass is 35.5. The average Bonchev–Trinajstić information content (AvgIpc) is 3.07. The van der Waals surface area contributed by atoms with Gasteiger partial charge < -0.3 is 4.90 Å². The molecule has 28 heavy (non-hydrogen) atoms. The van der Waals surface area contributed by atoms with Crippen LogP contribution in [0.15, 0.2) is 55.3 Å². The first-order valence-corrected chi connectivity index (χ1v) is 10.5. The minimum atomic E-state index is -0.0676. The van der Waals surface area contributed by atoms with Gasteiger partial charge in [0.2, 0.25) is 5.91 Å². The van der Waals surface area contributed by atoms with Gasteiger partial charge in [-0.25, -0.2) is 4.98 Å². The quantitative estimate of drug-likeness (QED) is 0.373. The number of pyridine rings is 1. The van der Waals surface area contributed by atoms with E-state index in [1.165, 1.54) is 23.0 Å². The number of carbonyl (C=O) groups excluding carboxylic acids is 1. The van der Waals surface area contributed by atoms with Crippen molar-refractivity contribution >= 4 is 40.4 Å². The minimum absolute atomic E-state index is 0.0303. The number of halogens is 2. The van der Waals surface area contributed by atoms with Crippen LogP contribution in [-0.4, -0.2) is 22.3 Å². The molecule has 4 rings (SSSR count). The summed E-state index contributed by atoms with van der Waals surface area (Å²) in [5, 5.41) is 0.478. The van der Waals surface area contributed by atoms with E-state index < -0.39 is 0 Å². The van der Waals surface area contributed by atoms with E-state index in [1.807, 2.05) is 42.3 Å². The molecule has 1 aromatic carbocycles. The maximum atomic E-state index is 12.4. The summed E-state index contributed by atoms with van der Waals surface area (Å²) < 4.78 is 0.740. The van der Waals surface area contributed by atoms with Crippen LogP contribution in [0.5, 0.6) is 0 Å². The van der Waals surface area contributed by atoms with Crippen LogP contribution in [0, 0.1) is 6.92 Å². The fourth-order valence-electron chi connectivity index (χ4n) is 3.80. The maximum absolute atomic E-state index is 12.4. The van der Waals surface area contributed by atoms with Crippen molar-refractivity contribution in [2.24, 2.45) is 0 Å². The number of fused-ring (bicyclic) bond motifs is 1. The molecular weight excluding hydrogens is 411 g/mol. The smallest absolute Gasteiger partial charge is 0.246 e. The van der Waals surface area contributed by atoms with Gasteiger partial charge in [0, 0.05) is 29.1 Å². The van der Waals surface area contributed by atoms with E-state index in [0.717, 1.165) is 31.5 Å². The van der Waals surface area contributed by atoms with Crippen molar-refractivity contribution in [1.29, 1.82) is 0 Å². The molecule has 0 aliphatic carbocycles. The zero-order chi connectivity index (χ0) is 19.8. The molecule has 1 atom stereocenters. The summed E-state index contributed by atoms with van der Waals surface area (Å²) in [5.74, 6) is -0.0373. The van der Waals surface area contributed by atoms with Gasteiger partial charge in [-0.05, 0) is 47.4 Å². The lowest BCUT2D eigenvalue weighted by Crippen LogP contribution is -2.37. The van der Waals surface area contributed by atoms with Gasteiger partial charge in [0.15, 0.2) is 0 Å². The van der Waals surface area contributed by atoms with Crippen molar-refractivity contribution in [3.05, 3.63) is 86.3 Å². The van der Waals surface area contributed by atoms with E-state index in [4.69, 9.17) is 23.2 Å². The summed E-state index contributed by atoms with van der Waals surface area (Å²) in [6, 6.07) is 12.2. The molecule has 3 heterocycles. The summed E-state index contributed by atoms with van der Waals surface area (Å²) in [6.07, 6.45) is 3.18. The largest absolute Gasteiger partial charge is 0.333 e. The molecule has 0 unspecified atom stereocenters. The second-order valence-electron chi connectivity index (χ2n) is 6.81. The summed E-state index contributed by atoms with van der Waals surface area (Å²) >= 11 is 13.9. The van der Waals surface area contributed by atoms with Gasteiger partial charge in [-0.1, -0.05) is 54.0 Å². The van der Waals surface area contributed by atoms with Crippen LogP contribution in [0.2, 0.25) is 9.49 Å². The molecule has 6 heteroatoms. The second-order valence-corrected chi connectivity index (χ2v) is 8.97. The monoisotopic (exact) mass is 428 g/mol. The highest BCUT2D eigenvalue weighted by molar-refractivity contribution is 7.16. The fraction of sp³-hybridized carbons (Fsp3) is 0.182. The van der Waals surface area contributed by atoms with E-state index >= 15 is 0 Å². The first-order chi connectivity index (χ1) is 13.5. The molecule has 1 aliphatic rings. The van der Waals surface area contributed by atoms with Crippen molar-refractivity contribution < 1.29 is 4.79 Å². The van der Waals surface area contributed by atoms with Gasteiger partial charge in [-0.2, -0.15) is 0 Å². The Kier molecular flexibility index (Phi) is 5.28. The maximum Gasteiger partial charge on any atom is 0.246 e. The first-order valence-electron chi connectivity index (χ1n) is 8.89. The van der Waals surface area contributed by atoms with Crippen LogP contribution in [-0.2, 0) is 11.3 Å². The van der Waals surface area contributed by atoms with Crippen LogP contribution >= 0.6 is 34.5 Å². The van der Waals surface area contributed by atoms with Gasteiger partial charge in [0.25, 0.3) is 0 Å². The van der Waals surface area contributed by atoms with E-state index in [0.29, 0.717) is 18.2 Å². The van der Waals surface area contributed by atoms with Crippen molar-refractivity contribution in [3.8, 4) is 11.1 Å². The van der Waals surface area contributed by atoms with Crippen molar-refractivity contribution in [2.45, 2.75) is 19.4 Å². The van der Waals surface area contributed by atoms with Crippen LogP contribution in [0.1, 0.15) is 27.5 Å². The molecular formula is C22H18Cl2N2OS. The highest BCUT2D eigenvalue weighted by Gasteiger charge is 2.31. The van der Waals surface area contributed by atoms with E-state index in [1.54, 1.807) is 0 Å². The number of hydrogen-bond acceptors (Lipinski definition) is 3. The van der Waals surface area contributed by atoms with E-state index in [2.05, 4.69) is 23.7 Å². The zero-order valence-corrected chi connectivity index (χ0v) is 17.6. The molecule has 0 spiro atoms. The van der Waals surface area contributed by atoms with E-state index in [9.17, 15) is 4.79 Å². The van der Waals surface area contributed by atoms with Crippen LogP contribution < -0.4 is 0 Å². The second kappa shape index (κ2) is 7.70. The standard InChI is InChI=1S/C22H18Cl2N2OS/c1-3-22(27)26-11-18(16-9-21(24)28-19(16)12-26)15-7-5-4-6-14(15)17-10-25-20(23)8-13(17)2/h3-10,18H,1,11-12H2,2H3/t18-/m0/s1. The SMILES string of the molecule is C=CC(=O)N1Cc2sc(Cl)cc2[C@H](c2ccccc2-c2cnc(Cl)cc2C)C1. The van der Waals surface area contributed by atoms with Gasteiger partial charge >= 0.3 is 0 Å². The average molecular weight is 429 g/mol. The van der Waals surface area contributed by atoms with Gasteiger partial charge in [-0.15, -0.1) is 11.3 Å². The third kappa shape index (κ3) is 3.48. The number of nitrogens with zero attached hydrogens (tertiary/aromatic N) is 2. The van der Waals surface area contributed by atoms with Gasteiger partial charge in [0.05, 0.1) is 10.9 Å². The van der Waals surface area contributed by atoms with E-state index in [-0.39, 0.29) is 11.8 Å². The Labute approximate surface area is 178 Å². The number of hydrogen-bond donors (Lipinski definition) is 0. The number of carbonyl (C=O) groups is 1. The molecule has 2 aromatic heterocycles. The Morgan fingerprint density at radius 2 is 2.04 bits per heavy atom. The Morgan fingerprint density at radius 1 is 1.25 bits per heavy atom. The lowest BCUT2D eigenvalue weighted by Gasteiger charge is -2.33. The lowest BCUT2D eigenvalue weighted by atomic mass is 9.83. The molecule has 1 aliphatic heterocycles. The molecule has 0 saturated heterocycles. The topological polar surface area (TPSA) is 33.2 Å². The van der Waals surface area contributed by atoms with Crippen molar-refractivity contribution in [2.75, 3.05) is 6.54 Å². The molecule has 0 bridgehead atoms. The summed E-state index contributed by atoms with van der Waals surface area (Å²) in [6.45, 7) is 6.83. The molecule has 0 saturated carbocycles. The summed E-state index contributed by atoms with van der Waals surface area (Å²) in [5.41, 5.74) is 5.53. The molecule has 0 fully saturated rings. The Morgan fingerprint density at radius 3 is 2.79 bits per heavy atom.